The van der Waals surface area contributed by atoms with E-state index < -0.39 is 0 Å². The van der Waals surface area contributed by atoms with E-state index in [-0.39, 0.29) is 23.7 Å². The van der Waals surface area contributed by atoms with Gasteiger partial charge in [0, 0.05) is 31.9 Å². The van der Waals surface area contributed by atoms with Gasteiger partial charge in [0.15, 0.2) is 0 Å². The fraction of sp³-hybridized carbons (Fsp3) is 0.368. The van der Waals surface area contributed by atoms with Crippen molar-refractivity contribution in [1.82, 2.24) is 9.80 Å². The molecule has 0 N–H and O–H groups in total. The molecule has 5 heteroatoms. The second-order valence-corrected chi connectivity index (χ2v) is 6.51. The summed E-state index contributed by atoms with van der Waals surface area (Å²) < 4.78 is 0. The summed E-state index contributed by atoms with van der Waals surface area (Å²) in [6.07, 6.45) is 7.40. The van der Waals surface area contributed by atoms with Crippen molar-refractivity contribution in [1.29, 1.82) is 0 Å². The van der Waals surface area contributed by atoms with E-state index in [1.54, 1.807) is 0 Å². The van der Waals surface area contributed by atoms with Gasteiger partial charge in [-0.2, -0.15) is 0 Å². The highest BCUT2D eigenvalue weighted by Crippen LogP contribution is 2.31. The third-order valence-corrected chi connectivity index (χ3v) is 5.07. The van der Waals surface area contributed by atoms with E-state index in [2.05, 4.69) is 21.9 Å². The predicted octanol–water partition coefficient (Wildman–Crippen LogP) is 1.49. The molecule has 124 valence electrons. The molecule has 2 fully saturated rings. The van der Waals surface area contributed by atoms with Crippen molar-refractivity contribution in [3.8, 4) is 0 Å². The van der Waals surface area contributed by atoms with E-state index in [0.717, 1.165) is 26.2 Å². The number of rotatable bonds is 3. The molecule has 0 saturated carbocycles. The van der Waals surface area contributed by atoms with Crippen LogP contribution in [0, 0.1) is 11.8 Å². The number of nitrogens with zero attached hydrogens (tertiary/aromatic N) is 3. The molecule has 2 heterocycles. The van der Waals surface area contributed by atoms with Crippen molar-refractivity contribution >= 4 is 17.5 Å². The van der Waals surface area contributed by atoms with Crippen LogP contribution < -0.4 is 4.90 Å². The Morgan fingerprint density at radius 1 is 0.833 bits per heavy atom. The lowest BCUT2D eigenvalue weighted by atomic mass is 9.91. The molecule has 1 aliphatic carbocycles. The lowest BCUT2D eigenvalue weighted by Gasteiger charge is -2.37. The number of para-hydroxylation sites is 1. The van der Waals surface area contributed by atoms with E-state index in [1.807, 2.05) is 42.5 Å². The molecule has 0 spiro atoms. The average Bonchev–Trinajstić information content (AvgIpc) is 2.88. The molecule has 2 atom stereocenters. The largest absolute Gasteiger partial charge is 0.369 e. The first kappa shape index (κ1) is 15.1. The van der Waals surface area contributed by atoms with Gasteiger partial charge in [0.25, 0.3) is 0 Å². The Labute approximate surface area is 141 Å². The van der Waals surface area contributed by atoms with Crippen LogP contribution in [0.15, 0.2) is 54.6 Å². The first-order valence-electron chi connectivity index (χ1n) is 8.46. The zero-order valence-corrected chi connectivity index (χ0v) is 13.5. The Balaban J connectivity index is 1.37. The van der Waals surface area contributed by atoms with Gasteiger partial charge in [-0.1, -0.05) is 42.5 Å². The highest BCUT2D eigenvalue weighted by atomic mass is 16.2. The normalized spacial score (nSPS) is 27.0. The quantitative estimate of drug-likeness (QED) is 0.791. The van der Waals surface area contributed by atoms with Crippen LogP contribution in [0.5, 0.6) is 0 Å². The topological polar surface area (TPSA) is 43.9 Å². The van der Waals surface area contributed by atoms with Crippen LogP contribution >= 0.6 is 0 Å². The van der Waals surface area contributed by atoms with Gasteiger partial charge < -0.3 is 4.90 Å². The van der Waals surface area contributed by atoms with E-state index in [0.29, 0.717) is 6.67 Å². The van der Waals surface area contributed by atoms with E-state index in [9.17, 15) is 9.59 Å². The molecule has 2 amide bonds. The Bertz CT molecular complexity index is 660. The summed E-state index contributed by atoms with van der Waals surface area (Å²) in [7, 11) is 0. The number of amides is 2. The molecule has 4 rings (SSSR count). The number of carbonyl (C=O) groups is 2. The zero-order valence-electron chi connectivity index (χ0n) is 13.5. The lowest BCUT2D eigenvalue weighted by Crippen LogP contribution is -2.51. The maximum atomic E-state index is 12.5. The molecule has 2 saturated heterocycles. The SMILES string of the molecule is O=C1[C@H]2C=CC=C[C@@H]2C(=O)N1CN1CCN(c2ccccc2)CC1. The highest BCUT2D eigenvalue weighted by Gasteiger charge is 2.46. The first-order chi connectivity index (χ1) is 11.7. The number of likely N-dealkylation sites (tertiary alicyclic amines) is 1. The van der Waals surface area contributed by atoms with Gasteiger partial charge in [-0.3, -0.25) is 19.4 Å². The molecular weight excluding hydrogens is 302 g/mol. The fourth-order valence-electron chi connectivity index (χ4n) is 3.67. The average molecular weight is 323 g/mol. The molecule has 1 aromatic rings. The predicted molar refractivity (Wildman–Crippen MR) is 92.2 cm³/mol. The molecule has 3 aliphatic rings. The summed E-state index contributed by atoms with van der Waals surface area (Å²) >= 11 is 0. The van der Waals surface area contributed by atoms with Crippen LogP contribution in [0.1, 0.15) is 0 Å². The minimum absolute atomic E-state index is 0.0592. The Hall–Kier alpha value is -2.40. The summed E-state index contributed by atoms with van der Waals surface area (Å²) in [5.74, 6) is -0.714. The van der Waals surface area contributed by atoms with Gasteiger partial charge in [-0.15, -0.1) is 0 Å². The summed E-state index contributed by atoms with van der Waals surface area (Å²) in [6.45, 7) is 3.94. The number of hydrogen-bond acceptors (Lipinski definition) is 4. The van der Waals surface area contributed by atoms with Gasteiger partial charge in [0.05, 0.1) is 18.5 Å². The summed E-state index contributed by atoms with van der Waals surface area (Å²) in [4.78, 5) is 31.0. The minimum Gasteiger partial charge on any atom is -0.369 e. The van der Waals surface area contributed by atoms with Gasteiger partial charge in [0.1, 0.15) is 0 Å². The Morgan fingerprint density at radius 3 is 2.00 bits per heavy atom. The number of hydrogen-bond donors (Lipinski definition) is 0. The molecule has 24 heavy (non-hydrogen) atoms. The Kier molecular flexibility index (Phi) is 3.94. The maximum Gasteiger partial charge on any atom is 0.238 e. The molecule has 0 radical (unpaired) electrons. The van der Waals surface area contributed by atoms with Crippen LogP contribution in [0.4, 0.5) is 5.69 Å². The number of imide groups is 1. The molecule has 1 aromatic carbocycles. The number of piperazine rings is 1. The van der Waals surface area contributed by atoms with Crippen molar-refractivity contribution in [3.63, 3.8) is 0 Å². The standard InChI is InChI=1S/C19H21N3O2/c23-18-16-8-4-5-9-17(16)19(24)22(18)14-20-10-12-21(13-11-20)15-6-2-1-3-7-15/h1-9,16-17H,10-14H2/t16-,17-/m0/s1. The van der Waals surface area contributed by atoms with Crippen LogP contribution in [0.3, 0.4) is 0 Å². The molecule has 0 aromatic heterocycles. The highest BCUT2D eigenvalue weighted by molar-refractivity contribution is 6.07. The minimum atomic E-state index is -0.298. The second kappa shape index (κ2) is 6.24. The number of anilines is 1. The first-order valence-corrected chi connectivity index (χ1v) is 8.46. The second-order valence-electron chi connectivity index (χ2n) is 6.51. The summed E-state index contributed by atoms with van der Waals surface area (Å²) in [5, 5.41) is 0. The van der Waals surface area contributed by atoms with Crippen molar-refractivity contribution in [2.24, 2.45) is 11.8 Å². The van der Waals surface area contributed by atoms with Crippen molar-refractivity contribution in [2.45, 2.75) is 0 Å². The third kappa shape index (κ3) is 2.65. The monoisotopic (exact) mass is 323 g/mol. The molecular formula is C19H21N3O2. The lowest BCUT2D eigenvalue weighted by molar-refractivity contribution is -0.142. The number of carbonyl (C=O) groups excluding carboxylic acids is 2. The molecule has 0 unspecified atom stereocenters. The smallest absolute Gasteiger partial charge is 0.238 e. The van der Waals surface area contributed by atoms with E-state index >= 15 is 0 Å². The van der Waals surface area contributed by atoms with Crippen LogP contribution in [-0.4, -0.2) is 54.5 Å². The van der Waals surface area contributed by atoms with Crippen molar-refractivity contribution in [2.75, 3.05) is 37.7 Å². The van der Waals surface area contributed by atoms with Crippen molar-refractivity contribution < 1.29 is 9.59 Å². The van der Waals surface area contributed by atoms with E-state index in [4.69, 9.17) is 0 Å². The third-order valence-electron chi connectivity index (χ3n) is 5.07. The molecule has 2 aliphatic heterocycles. The number of fused-ring (bicyclic) bond motifs is 1. The number of allylic oxidation sites excluding steroid dienone is 2. The Morgan fingerprint density at radius 2 is 1.42 bits per heavy atom. The zero-order chi connectivity index (χ0) is 16.5. The van der Waals surface area contributed by atoms with Crippen LogP contribution in [-0.2, 0) is 9.59 Å². The van der Waals surface area contributed by atoms with E-state index in [1.165, 1.54) is 10.6 Å². The summed E-state index contributed by atoms with van der Waals surface area (Å²) in [5.41, 5.74) is 1.23. The fourth-order valence-corrected chi connectivity index (χ4v) is 3.67. The van der Waals surface area contributed by atoms with Crippen LogP contribution in [0.2, 0.25) is 0 Å². The maximum absolute atomic E-state index is 12.5. The van der Waals surface area contributed by atoms with Crippen molar-refractivity contribution in [3.05, 3.63) is 54.6 Å². The molecule has 0 bridgehead atoms. The van der Waals surface area contributed by atoms with Gasteiger partial charge >= 0.3 is 0 Å². The number of benzene rings is 1. The summed E-state index contributed by atoms with van der Waals surface area (Å²) in [6, 6.07) is 10.4. The molecule has 5 nitrogen and oxygen atoms in total. The van der Waals surface area contributed by atoms with Crippen LogP contribution in [0.25, 0.3) is 0 Å². The van der Waals surface area contributed by atoms with Gasteiger partial charge in [-0.25, -0.2) is 0 Å². The van der Waals surface area contributed by atoms with Gasteiger partial charge in [0.2, 0.25) is 11.8 Å². The van der Waals surface area contributed by atoms with Gasteiger partial charge in [-0.05, 0) is 12.1 Å².